The molecule has 1 aromatic carbocycles. The van der Waals surface area contributed by atoms with Gasteiger partial charge in [-0.2, -0.15) is 0 Å². The van der Waals surface area contributed by atoms with Crippen LogP contribution >= 0.6 is 0 Å². The van der Waals surface area contributed by atoms with Gasteiger partial charge in [-0.1, -0.05) is 6.07 Å². The van der Waals surface area contributed by atoms with Gasteiger partial charge in [0.05, 0.1) is 10.6 Å². The van der Waals surface area contributed by atoms with Gasteiger partial charge in [0.2, 0.25) is 5.91 Å². The van der Waals surface area contributed by atoms with E-state index < -0.39 is 10.8 Å². The number of benzene rings is 1. The quantitative estimate of drug-likeness (QED) is 0.515. The molecule has 1 aromatic heterocycles. The minimum Gasteiger partial charge on any atom is -0.366 e. The number of hydrogen-bond donors (Lipinski definition) is 1. The van der Waals surface area contributed by atoms with Crippen molar-refractivity contribution in [2.75, 3.05) is 0 Å². The van der Waals surface area contributed by atoms with Crippen LogP contribution in [0.5, 0.6) is 0 Å². The molecule has 0 aliphatic carbocycles. The molecule has 6 nitrogen and oxygen atoms in total. The van der Waals surface area contributed by atoms with Crippen molar-refractivity contribution in [2.45, 2.75) is 0 Å². The number of nitro benzene ring substituents is 1. The number of rotatable bonds is 4. The van der Waals surface area contributed by atoms with Gasteiger partial charge in [0.15, 0.2) is 0 Å². The lowest BCUT2D eigenvalue weighted by atomic mass is 10.2. The molecular formula is C13H11N3O3. The van der Waals surface area contributed by atoms with Gasteiger partial charge in [-0.25, -0.2) is 0 Å². The van der Waals surface area contributed by atoms with E-state index in [0.717, 1.165) is 0 Å². The van der Waals surface area contributed by atoms with Gasteiger partial charge in [-0.05, 0) is 24.3 Å². The fourth-order valence-corrected chi connectivity index (χ4v) is 1.69. The number of non-ortho nitro benzene ring substituents is 1. The molecule has 0 bridgehead atoms. The van der Waals surface area contributed by atoms with Crippen molar-refractivity contribution in [3.8, 4) is 5.69 Å². The molecule has 1 amide bonds. The molecule has 96 valence electrons. The number of aromatic nitrogens is 1. The zero-order valence-corrected chi connectivity index (χ0v) is 9.89. The Hall–Kier alpha value is -2.89. The first-order valence-electron chi connectivity index (χ1n) is 5.47. The average molecular weight is 257 g/mol. The van der Waals surface area contributed by atoms with Crippen molar-refractivity contribution in [1.29, 1.82) is 0 Å². The molecule has 2 rings (SSSR count). The van der Waals surface area contributed by atoms with Gasteiger partial charge < -0.3 is 10.3 Å². The third kappa shape index (κ3) is 2.86. The standard InChI is InChI=1S/C13H11N3O3/c14-13(17)7-6-10-5-2-8-15(10)11-3-1-4-12(9-11)16(18)19/h1-9H,(H2,14,17)/b7-6-. The van der Waals surface area contributed by atoms with Crippen molar-refractivity contribution in [2.24, 2.45) is 5.73 Å². The second-order valence-corrected chi connectivity index (χ2v) is 3.82. The summed E-state index contributed by atoms with van der Waals surface area (Å²) in [5.74, 6) is -0.549. The lowest BCUT2D eigenvalue weighted by Crippen LogP contribution is -2.05. The monoisotopic (exact) mass is 257 g/mol. The fourth-order valence-electron chi connectivity index (χ4n) is 1.69. The maximum absolute atomic E-state index is 10.7. The van der Waals surface area contributed by atoms with Crippen molar-refractivity contribution in [3.05, 3.63) is 64.5 Å². The highest BCUT2D eigenvalue weighted by Gasteiger charge is 2.08. The van der Waals surface area contributed by atoms with E-state index in [1.807, 2.05) is 0 Å². The van der Waals surface area contributed by atoms with E-state index in [9.17, 15) is 14.9 Å². The van der Waals surface area contributed by atoms with Crippen LogP contribution in [0.2, 0.25) is 0 Å². The molecule has 0 aliphatic heterocycles. The number of nitro groups is 1. The molecule has 0 aliphatic rings. The van der Waals surface area contributed by atoms with Crippen molar-refractivity contribution >= 4 is 17.7 Å². The Labute approximate surface area is 108 Å². The van der Waals surface area contributed by atoms with E-state index in [1.54, 1.807) is 41.1 Å². The van der Waals surface area contributed by atoms with Gasteiger partial charge in [0, 0.05) is 30.1 Å². The Kier molecular flexibility index (Phi) is 3.42. The van der Waals surface area contributed by atoms with Crippen LogP contribution in [0.4, 0.5) is 5.69 Å². The zero-order valence-electron chi connectivity index (χ0n) is 9.89. The summed E-state index contributed by atoms with van der Waals surface area (Å²) in [6.07, 6.45) is 4.55. The van der Waals surface area contributed by atoms with Crippen molar-refractivity contribution in [1.82, 2.24) is 4.57 Å². The van der Waals surface area contributed by atoms with E-state index in [-0.39, 0.29) is 5.69 Å². The summed E-state index contributed by atoms with van der Waals surface area (Å²) in [6.45, 7) is 0. The molecule has 0 radical (unpaired) electrons. The normalized spacial score (nSPS) is 10.7. The van der Waals surface area contributed by atoms with Gasteiger partial charge in [0.25, 0.3) is 5.69 Å². The average Bonchev–Trinajstić information content (AvgIpc) is 2.84. The van der Waals surface area contributed by atoms with E-state index in [2.05, 4.69) is 0 Å². The largest absolute Gasteiger partial charge is 0.366 e. The second-order valence-electron chi connectivity index (χ2n) is 3.82. The SMILES string of the molecule is NC(=O)/C=C\c1cccn1-c1cccc([N+](=O)[O-])c1. The second kappa shape index (κ2) is 5.18. The molecular weight excluding hydrogens is 246 g/mol. The molecule has 19 heavy (non-hydrogen) atoms. The van der Waals surface area contributed by atoms with Gasteiger partial charge in [-0.3, -0.25) is 14.9 Å². The zero-order chi connectivity index (χ0) is 13.8. The molecule has 0 saturated heterocycles. The van der Waals surface area contributed by atoms with Gasteiger partial charge in [-0.15, -0.1) is 0 Å². The predicted octanol–water partition coefficient (Wildman–Crippen LogP) is 1.88. The number of nitrogens with two attached hydrogens (primary N) is 1. The van der Waals surface area contributed by atoms with Crippen LogP contribution in [0.15, 0.2) is 48.7 Å². The van der Waals surface area contributed by atoms with Crippen LogP contribution in [0, 0.1) is 10.1 Å². The molecule has 0 saturated carbocycles. The van der Waals surface area contributed by atoms with Crippen LogP contribution in [-0.4, -0.2) is 15.4 Å². The summed E-state index contributed by atoms with van der Waals surface area (Å²) in [5.41, 5.74) is 6.40. The molecule has 1 heterocycles. The van der Waals surface area contributed by atoms with Gasteiger partial charge >= 0.3 is 0 Å². The lowest BCUT2D eigenvalue weighted by Gasteiger charge is -2.06. The lowest BCUT2D eigenvalue weighted by molar-refractivity contribution is -0.384. The highest BCUT2D eigenvalue weighted by Crippen LogP contribution is 2.19. The number of hydrogen-bond acceptors (Lipinski definition) is 3. The predicted molar refractivity (Wildman–Crippen MR) is 70.7 cm³/mol. The van der Waals surface area contributed by atoms with E-state index in [0.29, 0.717) is 11.4 Å². The van der Waals surface area contributed by atoms with Gasteiger partial charge in [0.1, 0.15) is 0 Å². The first kappa shape index (κ1) is 12.6. The Bertz CT molecular complexity index is 659. The number of nitrogens with zero attached hydrogens (tertiary/aromatic N) is 2. The first-order chi connectivity index (χ1) is 9.08. The Morgan fingerprint density at radius 3 is 2.79 bits per heavy atom. The Morgan fingerprint density at radius 1 is 1.32 bits per heavy atom. The van der Waals surface area contributed by atoms with E-state index in [1.165, 1.54) is 18.2 Å². The van der Waals surface area contributed by atoms with E-state index >= 15 is 0 Å². The molecule has 2 aromatic rings. The summed E-state index contributed by atoms with van der Waals surface area (Å²) in [6, 6.07) is 9.79. The van der Waals surface area contributed by atoms with Crippen molar-refractivity contribution < 1.29 is 9.72 Å². The van der Waals surface area contributed by atoms with Crippen LogP contribution < -0.4 is 5.73 Å². The number of carbonyl (C=O) groups excluding carboxylic acids is 1. The number of amides is 1. The molecule has 0 unspecified atom stereocenters. The Morgan fingerprint density at radius 2 is 2.11 bits per heavy atom. The highest BCUT2D eigenvalue weighted by molar-refractivity contribution is 5.90. The topological polar surface area (TPSA) is 91.2 Å². The third-order valence-corrected chi connectivity index (χ3v) is 2.52. The molecule has 0 fully saturated rings. The molecule has 0 spiro atoms. The van der Waals surface area contributed by atoms with Crippen LogP contribution in [0.3, 0.4) is 0 Å². The van der Waals surface area contributed by atoms with Crippen LogP contribution in [0.1, 0.15) is 5.69 Å². The third-order valence-electron chi connectivity index (χ3n) is 2.52. The molecule has 0 atom stereocenters. The maximum atomic E-state index is 10.7. The minimum absolute atomic E-state index is 0.0102. The van der Waals surface area contributed by atoms with E-state index in [4.69, 9.17) is 5.73 Å². The summed E-state index contributed by atoms with van der Waals surface area (Å²) >= 11 is 0. The fraction of sp³-hybridized carbons (Fsp3) is 0. The summed E-state index contributed by atoms with van der Waals surface area (Å²) in [7, 11) is 0. The molecule has 6 heteroatoms. The smallest absolute Gasteiger partial charge is 0.271 e. The summed E-state index contributed by atoms with van der Waals surface area (Å²) < 4.78 is 1.73. The number of primary amides is 1. The number of carbonyl (C=O) groups is 1. The molecule has 2 N–H and O–H groups in total. The first-order valence-corrected chi connectivity index (χ1v) is 5.47. The minimum atomic E-state index is -0.549. The maximum Gasteiger partial charge on any atom is 0.271 e. The van der Waals surface area contributed by atoms with Crippen LogP contribution in [-0.2, 0) is 4.79 Å². The Balaban J connectivity index is 2.42. The van der Waals surface area contributed by atoms with Crippen molar-refractivity contribution in [3.63, 3.8) is 0 Å². The highest BCUT2D eigenvalue weighted by atomic mass is 16.6. The van der Waals surface area contributed by atoms with Crippen LogP contribution in [0.25, 0.3) is 11.8 Å². The summed E-state index contributed by atoms with van der Waals surface area (Å²) in [5, 5.41) is 10.7. The summed E-state index contributed by atoms with van der Waals surface area (Å²) in [4.78, 5) is 21.0.